The van der Waals surface area contributed by atoms with Crippen molar-refractivity contribution in [3.8, 4) is 0 Å². The van der Waals surface area contributed by atoms with E-state index in [1.807, 2.05) is 19.6 Å². The van der Waals surface area contributed by atoms with Gasteiger partial charge >= 0.3 is 0 Å². The van der Waals surface area contributed by atoms with Crippen LogP contribution in [-0.4, -0.2) is 54.3 Å². The summed E-state index contributed by atoms with van der Waals surface area (Å²) < 4.78 is 7.57. The smallest absolute Gasteiger partial charge is 0.0948 e. The number of morpholine rings is 1. The molecule has 0 bridgehead atoms. The Balaban J connectivity index is 1.71. The van der Waals surface area contributed by atoms with E-state index in [9.17, 15) is 0 Å². The summed E-state index contributed by atoms with van der Waals surface area (Å²) >= 11 is 0. The van der Waals surface area contributed by atoms with Crippen LogP contribution in [0.1, 0.15) is 12.1 Å². The van der Waals surface area contributed by atoms with Crippen LogP contribution >= 0.6 is 0 Å². The van der Waals surface area contributed by atoms with E-state index in [1.54, 1.807) is 0 Å². The fourth-order valence-corrected chi connectivity index (χ4v) is 2.17. The monoisotopic (exact) mass is 238 g/mol. The van der Waals surface area contributed by atoms with E-state index in [1.165, 1.54) is 12.1 Å². The molecule has 0 unspecified atom stereocenters. The number of aromatic nitrogens is 2. The van der Waals surface area contributed by atoms with Gasteiger partial charge in [0.25, 0.3) is 0 Å². The van der Waals surface area contributed by atoms with Crippen molar-refractivity contribution in [1.82, 2.24) is 19.8 Å². The Hall–Kier alpha value is -0.910. The Kier molecular flexibility index (Phi) is 4.97. The summed E-state index contributed by atoms with van der Waals surface area (Å²) in [5.41, 5.74) is 1.26. The molecule has 0 aliphatic carbocycles. The van der Waals surface area contributed by atoms with Gasteiger partial charge in [0.1, 0.15) is 0 Å². The molecule has 2 rings (SSSR count). The summed E-state index contributed by atoms with van der Waals surface area (Å²) in [5, 5.41) is 3.16. The third kappa shape index (κ3) is 3.80. The Bertz CT molecular complexity index is 320. The first-order valence-corrected chi connectivity index (χ1v) is 6.34. The molecule has 1 saturated heterocycles. The Morgan fingerprint density at radius 1 is 1.35 bits per heavy atom. The second kappa shape index (κ2) is 6.74. The van der Waals surface area contributed by atoms with Gasteiger partial charge in [-0.3, -0.25) is 4.90 Å². The molecule has 1 N–H and O–H groups in total. The van der Waals surface area contributed by atoms with Crippen LogP contribution in [-0.2, 0) is 17.8 Å². The van der Waals surface area contributed by atoms with Crippen molar-refractivity contribution >= 4 is 0 Å². The molecule has 96 valence electrons. The first kappa shape index (κ1) is 12.5. The largest absolute Gasteiger partial charge is 0.379 e. The molecule has 0 radical (unpaired) electrons. The van der Waals surface area contributed by atoms with Gasteiger partial charge in [0, 0.05) is 38.9 Å². The lowest BCUT2D eigenvalue weighted by Crippen LogP contribution is -2.37. The molecule has 2 heterocycles. The van der Waals surface area contributed by atoms with Gasteiger partial charge in [-0.25, -0.2) is 4.98 Å². The van der Waals surface area contributed by atoms with Crippen molar-refractivity contribution in [2.24, 2.45) is 0 Å². The summed E-state index contributed by atoms with van der Waals surface area (Å²) in [6, 6.07) is 0. The number of aryl methyl sites for hydroxylation is 1. The normalized spacial score (nSPS) is 17.5. The van der Waals surface area contributed by atoms with E-state index in [4.69, 9.17) is 4.74 Å². The summed E-state index contributed by atoms with van der Waals surface area (Å²) in [4.78, 5) is 6.67. The first-order chi connectivity index (χ1) is 8.40. The molecule has 1 aliphatic rings. The average Bonchev–Trinajstić information content (AvgIpc) is 2.79. The van der Waals surface area contributed by atoms with E-state index in [0.717, 1.165) is 45.9 Å². The predicted molar refractivity (Wildman–Crippen MR) is 66.9 cm³/mol. The molecule has 1 aromatic heterocycles. The highest BCUT2D eigenvalue weighted by Gasteiger charge is 2.09. The van der Waals surface area contributed by atoms with Gasteiger partial charge < -0.3 is 14.6 Å². The van der Waals surface area contributed by atoms with Gasteiger partial charge in [0.05, 0.1) is 25.2 Å². The zero-order valence-electron chi connectivity index (χ0n) is 10.6. The predicted octanol–water partition coefficient (Wildman–Crippen LogP) is 0.325. The van der Waals surface area contributed by atoms with E-state index in [2.05, 4.69) is 19.8 Å². The van der Waals surface area contributed by atoms with Gasteiger partial charge in [-0.05, 0) is 13.5 Å². The van der Waals surface area contributed by atoms with Gasteiger partial charge in [-0.1, -0.05) is 0 Å². The SMILES string of the molecule is CNCc1cncn1CCCN1CCOCC1. The van der Waals surface area contributed by atoms with E-state index in [0.29, 0.717) is 0 Å². The standard InChI is InChI=1S/C12H22N4O/c1-13-9-12-10-14-11-16(12)4-2-3-15-5-7-17-8-6-15/h10-11,13H,2-9H2,1H3. The summed E-state index contributed by atoms with van der Waals surface area (Å²) in [6.07, 6.45) is 5.03. The van der Waals surface area contributed by atoms with E-state index < -0.39 is 0 Å². The molecule has 5 heteroatoms. The number of imidazole rings is 1. The first-order valence-electron chi connectivity index (χ1n) is 6.34. The summed E-state index contributed by atoms with van der Waals surface area (Å²) in [6.45, 7) is 7.01. The van der Waals surface area contributed by atoms with Crippen LogP contribution in [0, 0.1) is 0 Å². The minimum Gasteiger partial charge on any atom is -0.379 e. The lowest BCUT2D eigenvalue weighted by molar-refractivity contribution is 0.0369. The van der Waals surface area contributed by atoms with Crippen LogP contribution in [0.3, 0.4) is 0 Å². The lowest BCUT2D eigenvalue weighted by Gasteiger charge is -2.26. The minimum absolute atomic E-state index is 0.885. The van der Waals surface area contributed by atoms with E-state index in [-0.39, 0.29) is 0 Å². The highest BCUT2D eigenvalue weighted by atomic mass is 16.5. The third-order valence-corrected chi connectivity index (χ3v) is 3.13. The minimum atomic E-state index is 0.885. The van der Waals surface area contributed by atoms with Gasteiger partial charge in [0.2, 0.25) is 0 Å². The molecule has 1 aromatic rings. The number of nitrogens with one attached hydrogen (secondary N) is 1. The molecule has 0 spiro atoms. The molecule has 0 saturated carbocycles. The van der Waals surface area contributed by atoms with Crippen LogP contribution in [0.15, 0.2) is 12.5 Å². The van der Waals surface area contributed by atoms with Crippen LogP contribution in [0.2, 0.25) is 0 Å². The van der Waals surface area contributed by atoms with Crippen molar-refractivity contribution in [1.29, 1.82) is 0 Å². The number of ether oxygens (including phenoxy) is 1. The highest BCUT2D eigenvalue weighted by Crippen LogP contribution is 2.03. The fraction of sp³-hybridized carbons (Fsp3) is 0.750. The van der Waals surface area contributed by atoms with Gasteiger partial charge in [0.15, 0.2) is 0 Å². The third-order valence-electron chi connectivity index (χ3n) is 3.13. The lowest BCUT2D eigenvalue weighted by atomic mass is 10.3. The topological polar surface area (TPSA) is 42.3 Å². The Morgan fingerprint density at radius 3 is 2.94 bits per heavy atom. The fourth-order valence-electron chi connectivity index (χ4n) is 2.17. The maximum absolute atomic E-state index is 5.34. The van der Waals surface area contributed by atoms with Crippen molar-refractivity contribution in [2.45, 2.75) is 19.5 Å². The average molecular weight is 238 g/mol. The molecule has 17 heavy (non-hydrogen) atoms. The van der Waals surface area contributed by atoms with Gasteiger partial charge in [-0.15, -0.1) is 0 Å². The molecule has 0 amide bonds. The number of hydrogen-bond acceptors (Lipinski definition) is 4. The van der Waals surface area contributed by atoms with Gasteiger partial charge in [-0.2, -0.15) is 0 Å². The molecule has 1 fully saturated rings. The van der Waals surface area contributed by atoms with Crippen molar-refractivity contribution < 1.29 is 4.74 Å². The molecule has 1 aliphatic heterocycles. The van der Waals surface area contributed by atoms with Crippen molar-refractivity contribution in [2.75, 3.05) is 39.9 Å². The van der Waals surface area contributed by atoms with Crippen LogP contribution < -0.4 is 5.32 Å². The summed E-state index contributed by atoms with van der Waals surface area (Å²) in [5.74, 6) is 0. The van der Waals surface area contributed by atoms with Crippen molar-refractivity contribution in [3.05, 3.63) is 18.2 Å². The highest BCUT2D eigenvalue weighted by molar-refractivity contribution is 4.97. The Labute approximate surface area is 103 Å². The van der Waals surface area contributed by atoms with Crippen LogP contribution in [0.25, 0.3) is 0 Å². The summed E-state index contributed by atoms with van der Waals surface area (Å²) in [7, 11) is 1.96. The maximum Gasteiger partial charge on any atom is 0.0948 e. The molecule has 0 atom stereocenters. The zero-order chi connectivity index (χ0) is 11.9. The maximum atomic E-state index is 5.34. The second-order valence-electron chi connectivity index (χ2n) is 4.42. The van der Waals surface area contributed by atoms with Crippen molar-refractivity contribution in [3.63, 3.8) is 0 Å². The van der Waals surface area contributed by atoms with Crippen LogP contribution in [0.5, 0.6) is 0 Å². The molecule has 5 nitrogen and oxygen atoms in total. The molecular weight excluding hydrogens is 216 g/mol. The number of hydrogen-bond donors (Lipinski definition) is 1. The molecule has 0 aromatic carbocycles. The van der Waals surface area contributed by atoms with E-state index >= 15 is 0 Å². The Morgan fingerprint density at radius 2 is 2.18 bits per heavy atom. The second-order valence-corrected chi connectivity index (χ2v) is 4.42. The van der Waals surface area contributed by atoms with Crippen LogP contribution in [0.4, 0.5) is 0 Å². The zero-order valence-corrected chi connectivity index (χ0v) is 10.6. The number of rotatable bonds is 6. The number of nitrogens with zero attached hydrogens (tertiary/aromatic N) is 3. The molecular formula is C12H22N4O. The quantitative estimate of drug-likeness (QED) is 0.775.